The third kappa shape index (κ3) is 4.92. The molecule has 28 heavy (non-hydrogen) atoms. The summed E-state index contributed by atoms with van der Waals surface area (Å²) in [6.45, 7) is -0.0165. The van der Waals surface area contributed by atoms with Crippen molar-refractivity contribution in [1.82, 2.24) is 4.90 Å². The summed E-state index contributed by atoms with van der Waals surface area (Å²) in [5, 5.41) is 9.42. The standard InChI is InChI=1S/C18H16F7NO2/c1-16(7-3-6-13(19)9-16)26(10-14(27)18(23,24)25)15(28)11-4-2-5-12(8-11)17(20,21)22/h2-8,14,27H,9-10H2,1H3. The number of hydrogen-bond donors (Lipinski definition) is 1. The van der Waals surface area contributed by atoms with Crippen LogP contribution in [0.4, 0.5) is 30.7 Å². The van der Waals surface area contributed by atoms with Crippen molar-refractivity contribution in [3.63, 3.8) is 0 Å². The van der Waals surface area contributed by atoms with Crippen molar-refractivity contribution in [2.24, 2.45) is 0 Å². The largest absolute Gasteiger partial charge is 0.416 e. The van der Waals surface area contributed by atoms with Gasteiger partial charge in [-0.05, 0) is 31.2 Å². The first-order chi connectivity index (χ1) is 12.7. The maximum absolute atomic E-state index is 13.7. The zero-order valence-corrected chi connectivity index (χ0v) is 14.5. The van der Waals surface area contributed by atoms with Crippen molar-refractivity contribution >= 4 is 5.91 Å². The number of aliphatic hydroxyl groups excluding tert-OH is 1. The second kappa shape index (κ2) is 7.57. The highest BCUT2D eigenvalue weighted by molar-refractivity contribution is 5.95. The summed E-state index contributed by atoms with van der Waals surface area (Å²) in [6.07, 6.45) is -9.80. The average molecular weight is 411 g/mol. The van der Waals surface area contributed by atoms with Gasteiger partial charge in [0.15, 0.2) is 6.10 Å². The first-order valence-electron chi connectivity index (χ1n) is 8.02. The van der Waals surface area contributed by atoms with Gasteiger partial charge in [-0.1, -0.05) is 18.2 Å². The number of halogens is 7. The zero-order valence-electron chi connectivity index (χ0n) is 14.5. The van der Waals surface area contributed by atoms with Crippen molar-refractivity contribution < 1.29 is 40.6 Å². The molecular formula is C18H16F7NO2. The molecular weight excluding hydrogens is 395 g/mol. The van der Waals surface area contributed by atoms with Crippen LogP contribution in [0.25, 0.3) is 0 Å². The van der Waals surface area contributed by atoms with Gasteiger partial charge in [-0.3, -0.25) is 4.79 Å². The molecule has 0 spiro atoms. The number of rotatable bonds is 4. The predicted octanol–water partition coefficient (Wildman–Crippen LogP) is 4.64. The van der Waals surface area contributed by atoms with Crippen LogP contribution in [-0.2, 0) is 6.18 Å². The molecule has 10 heteroatoms. The highest BCUT2D eigenvalue weighted by Crippen LogP contribution is 2.34. The fourth-order valence-corrected chi connectivity index (χ4v) is 2.79. The van der Waals surface area contributed by atoms with E-state index in [-0.39, 0.29) is 0 Å². The number of allylic oxidation sites excluding steroid dienone is 2. The molecule has 1 aromatic carbocycles. The Kier molecular flexibility index (Phi) is 5.93. The van der Waals surface area contributed by atoms with Crippen LogP contribution in [0.3, 0.4) is 0 Å². The van der Waals surface area contributed by atoms with Gasteiger partial charge < -0.3 is 10.0 Å². The molecule has 0 aliphatic heterocycles. The van der Waals surface area contributed by atoms with Crippen LogP contribution in [-0.4, -0.2) is 40.3 Å². The van der Waals surface area contributed by atoms with E-state index in [0.717, 1.165) is 18.2 Å². The topological polar surface area (TPSA) is 40.5 Å². The van der Waals surface area contributed by atoms with Gasteiger partial charge in [-0.25, -0.2) is 4.39 Å². The van der Waals surface area contributed by atoms with Gasteiger partial charge in [0.2, 0.25) is 0 Å². The second-order valence-corrected chi connectivity index (χ2v) is 6.56. The number of carbonyl (C=O) groups excluding carboxylic acids is 1. The summed E-state index contributed by atoms with van der Waals surface area (Å²) >= 11 is 0. The average Bonchev–Trinajstić information content (AvgIpc) is 2.57. The van der Waals surface area contributed by atoms with Crippen LogP contribution < -0.4 is 0 Å². The fraction of sp³-hybridized carbons (Fsp3) is 0.389. The van der Waals surface area contributed by atoms with Crippen molar-refractivity contribution in [2.75, 3.05) is 6.54 Å². The normalized spacial score (nSPS) is 21.2. The van der Waals surface area contributed by atoms with Gasteiger partial charge in [0.25, 0.3) is 5.91 Å². The van der Waals surface area contributed by atoms with E-state index < -0.39 is 59.8 Å². The van der Waals surface area contributed by atoms with Gasteiger partial charge in [0.05, 0.1) is 17.6 Å². The van der Waals surface area contributed by atoms with Gasteiger partial charge >= 0.3 is 12.4 Å². The number of nitrogens with zero attached hydrogens (tertiary/aromatic N) is 1. The second-order valence-electron chi connectivity index (χ2n) is 6.56. The van der Waals surface area contributed by atoms with E-state index in [1.54, 1.807) is 0 Å². The molecule has 1 aromatic rings. The molecule has 0 saturated carbocycles. The monoisotopic (exact) mass is 411 g/mol. The molecule has 2 atom stereocenters. The van der Waals surface area contributed by atoms with Crippen LogP contribution in [0.1, 0.15) is 29.3 Å². The number of alkyl halides is 6. The molecule has 0 heterocycles. The quantitative estimate of drug-likeness (QED) is 0.734. The molecule has 1 amide bonds. The summed E-state index contributed by atoms with van der Waals surface area (Å²) < 4.78 is 90.9. The minimum Gasteiger partial charge on any atom is -0.382 e. The molecule has 2 unspecified atom stereocenters. The number of benzene rings is 1. The van der Waals surface area contributed by atoms with Crippen LogP contribution in [0.2, 0.25) is 0 Å². The van der Waals surface area contributed by atoms with Crippen molar-refractivity contribution in [1.29, 1.82) is 0 Å². The lowest BCUT2D eigenvalue weighted by Gasteiger charge is -2.41. The zero-order chi connectivity index (χ0) is 21.3. The summed E-state index contributed by atoms with van der Waals surface area (Å²) in [5.74, 6) is -1.93. The number of hydrogen-bond acceptors (Lipinski definition) is 2. The Labute approximate surface area is 155 Å². The first kappa shape index (κ1) is 21.9. The Morgan fingerprint density at radius 1 is 1.25 bits per heavy atom. The summed E-state index contributed by atoms with van der Waals surface area (Å²) in [5.41, 5.74) is -3.31. The summed E-state index contributed by atoms with van der Waals surface area (Å²) in [7, 11) is 0. The molecule has 154 valence electrons. The molecule has 0 saturated heterocycles. The van der Waals surface area contributed by atoms with E-state index in [2.05, 4.69) is 0 Å². The van der Waals surface area contributed by atoms with Gasteiger partial charge in [-0.2, -0.15) is 26.3 Å². The molecule has 2 rings (SSSR count). The van der Waals surface area contributed by atoms with E-state index in [0.29, 0.717) is 17.0 Å². The lowest BCUT2D eigenvalue weighted by Crippen LogP contribution is -2.54. The smallest absolute Gasteiger partial charge is 0.382 e. The van der Waals surface area contributed by atoms with Crippen LogP contribution in [0.15, 0.2) is 48.3 Å². The molecule has 0 radical (unpaired) electrons. The maximum Gasteiger partial charge on any atom is 0.416 e. The van der Waals surface area contributed by atoms with Gasteiger partial charge in [0, 0.05) is 12.0 Å². The van der Waals surface area contributed by atoms with Crippen LogP contribution in [0.5, 0.6) is 0 Å². The van der Waals surface area contributed by atoms with E-state index >= 15 is 0 Å². The molecule has 0 aromatic heterocycles. The van der Waals surface area contributed by atoms with Crippen LogP contribution >= 0.6 is 0 Å². The molecule has 1 N–H and O–H groups in total. The van der Waals surface area contributed by atoms with Gasteiger partial charge in [-0.15, -0.1) is 0 Å². The van der Waals surface area contributed by atoms with E-state index in [1.165, 1.54) is 19.1 Å². The highest BCUT2D eigenvalue weighted by atomic mass is 19.4. The van der Waals surface area contributed by atoms with Gasteiger partial charge in [0.1, 0.15) is 5.83 Å². The Morgan fingerprint density at radius 3 is 2.43 bits per heavy atom. The van der Waals surface area contributed by atoms with Crippen molar-refractivity contribution in [3.05, 3.63) is 59.4 Å². The molecule has 1 aliphatic rings. The van der Waals surface area contributed by atoms with Crippen molar-refractivity contribution in [3.8, 4) is 0 Å². The van der Waals surface area contributed by atoms with Crippen LogP contribution in [0, 0.1) is 0 Å². The Bertz CT molecular complexity index is 798. The predicted molar refractivity (Wildman–Crippen MR) is 85.9 cm³/mol. The Hall–Kier alpha value is -2.36. The highest BCUT2D eigenvalue weighted by Gasteiger charge is 2.44. The molecule has 1 aliphatic carbocycles. The number of aliphatic hydroxyl groups is 1. The number of carbonyl (C=O) groups is 1. The fourth-order valence-electron chi connectivity index (χ4n) is 2.79. The third-order valence-corrected chi connectivity index (χ3v) is 4.29. The molecule has 3 nitrogen and oxygen atoms in total. The number of β-amino-alcohol motifs (C(OH)–C–C–N with tert-alkyl or cyclic N) is 1. The lowest BCUT2D eigenvalue weighted by atomic mass is 9.89. The molecule has 0 fully saturated rings. The SMILES string of the molecule is CC1(N(CC(O)C(F)(F)F)C(=O)c2cccc(C(F)(F)F)c2)C=CC=C(F)C1. The summed E-state index contributed by atoms with van der Waals surface area (Å²) in [6, 6.07) is 3.15. The third-order valence-electron chi connectivity index (χ3n) is 4.29. The van der Waals surface area contributed by atoms with E-state index in [1.807, 2.05) is 0 Å². The Balaban J connectivity index is 2.45. The number of amides is 1. The molecule has 0 bridgehead atoms. The van der Waals surface area contributed by atoms with E-state index in [4.69, 9.17) is 0 Å². The maximum atomic E-state index is 13.7. The minimum atomic E-state index is -5.07. The Morgan fingerprint density at radius 2 is 1.89 bits per heavy atom. The van der Waals surface area contributed by atoms with Crippen molar-refractivity contribution in [2.45, 2.75) is 37.3 Å². The summed E-state index contributed by atoms with van der Waals surface area (Å²) in [4.78, 5) is 13.3. The lowest BCUT2D eigenvalue weighted by molar-refractivity contribution is -0.208. The first-order valence-corrected chi connectivity index (χ1v) is 8.02. The van der Waals surface area contributed by atoms with E-state index in [9.17, 15) is 40.6 Å². The minimum absolute atomic E-state index is 0.487.